The van der Waals surface area contributed by atoms with Gasteiger partial charge in [-0.1, -0.05) is 69.5 Å². The lowest BCUT2D eigenvalue weighted by Gasteiger charge is -2.33. The van der Waals surface area contributed by atoms with Crippen LogP contribution in [0.4, 0.5) is 4.39 Å². The molecule has 2 amide bonds. The predicted octanol–water partition coefficient (Wildman–Crippen LogP) is 5.57. The van der Waals surface area contributed by atoms with Gasteiger partial charge in [-0.05, 0) is 47.6 Å². The summed E-state index contributed by atoms with van der Waals surface area (Å²) in [6.07, 6.45) is 9.55. The Hall–Kier alpha value is -3.61. The van der Waals surface area contributed by atoms with Crippen LogP contribution in [-0.2, 0) is 11.3 Å². The molecular formula is C29H33FN4O2. The van der Waals surface area contributed by atoms with Gasteiger partial charge in [0.1, 0.15) is 17.6 Å². The van der Waals surface area contributed by atoms with E-state index in [-0.39, 0.29) is 30.0 Å². The predicted molar refractivity (Wildman–Crippen MR) is 137 cm³/mol. The SMILES string of the molecule is CC(C)c1ccc([C@@H](C(=O)NC2CCCCC2)N(Cc2ccc(F)cc2)C(=O)c2cnccn2)cc1. The Kier molecular flexibility index (Phi) is 8.41. The average Bonchev–Trinajstić information content (AvgIpc) is 2.90. The van der Waals surface area contributed by atoms with E-state index >= 15 is 0 Å². The van der Waals surface area contributed by atoms with Gasteiger partial charge in [-0.2, -0.15) is 0 Å². The quantitative estimate of drug-likeness (QED) is 0.450. The smallest absolute Gasteiger partial charge is 0.275 e. The van der Waals surface area contributed by atoms with Crippen molar-refractivity contribution in [2.45, 2.75) is 70.5 Å². The molecule has 0 aliphatic heterocycles. The first kappa shape index (κ1) is 25.5. The maximum Gasteiger partial charge on any atom is 0.275 e. The van der Waals surface area contributed by atoms with Gasteiger partial charge in [0, 0.05) is 25.0 Å². The number of amides is 2. The zero-order chi connectivity index (χ0) is 25.5. The van der Waals surface area contributed by atoms with Crippen molar-refractivity contribution in [1.82, 2.24) is 20.2 Å². The second-order valence-electron chi connectivity index (χ2n) is 9.72. The third-order valence-electron chi connectivity index (χ3n) is 6.74. The van der Waals surface area contributed by atoms with Crippen molar-refractivity contribution in [2.24, 2.45) is 0 Å². The van der Waals surface area contributed by atoms with Crippen molar-refractivity contribution < 1.29 is 14.0 Å². The number of nitrogens with one attached hydrogen (secondary N) is 1. The van der Waals surface area contributed by atoms with Crippen LogP contribution in [0.5, 0.6) is 0 Å². The van der Waals surface area contributed by atoms with Crippen molar-refractivity contribution in [3.63, 3.8) is 0 Å². The van der Waals surface area contributed by atoms with E-state index in [4.69, 9.17) is 0 Å². The van der Waals surface area contributed by atoms with Crippen molar-refractivity contribution in [3.8, 4) is 0 Å². The van der Waals surface area contributed by atoms with Crippen LogP contribution in [0.25, 0.3) is 0 Å². The van der Waals surface area contributed by atoms with Gasteiger partial charge in [-0.25, -0.2) is 9.37 Å². The second-order valence-corrected chi connectivity index (χ2v) is 9.72. The van der Waals surface area contributed by atoms with Crippen LogP contribution >= 0.6 is 0 Å². The monoisotopic (exact) mass is 488 g/mol. The summed E-state index contributed by atoms with van der Waals surface area (Å²) in [7, 11) is 0. The number of benzene rings is 2. The summed E-state index contributed by atoms with van der Waals surface area (Å²) in [4.78, 5) is 37.4. The Morgan fingerprint density at radius 1 is 0.972 bits per heavy atom. The van der Waals surface area contributed by atoms with Crippen molar-refractivity contribution >= 4 is 11.8 Å². The minimum absolute atomic E-state index is 0.0861. The first-order chi connectivity index (χ1) is 17.4. The largest absolute Gasteiger partial charge is 0.351 e. The van der Waals surface area contributed by atoms with E-state index < -0.39 is 11.9 Å². The molecule has 6 nitrogen and oxygen atoms in total. The number of carbonyl (C=O) groups excluding carboxylic acids is 2. The Balaban J connectivity index is 1.74. The lowest BCUT2D eigenvalue weighted by Crippen LogP contribution is -2.47. The van der Waals surface area contributed by atoms with Gasteiger partial charge in [0.15, 0.2) is 0 Å². The number of halogens is 1. The minimum Gasteiger partial charge on any atom is -0.351 e. The third-order valence-corrected chi connectivity index (χ3v) is 6.74. The number of rotatable bonds is 8. The van der Waals surface area contributed by atoms with Crippen molar-refractivity contribution in [3.05, 3.63) is 95.3 Å². The van der Waals surface area contributed by atoms with Crippen LogP contribution in [0.1, 0.15) is 85.1 Å². The zero-order valence-electron chi connectivity index (χ0n) is 20.9. The summed E-state index contributed by atoms with van der Waals surface area (Å²) >= 11 is 0. The molecule has 0 spiro atoms. The highest BCUT2D eigenvalue weighted by molar-refractivity contribution is 5.96. The molecule has 36 heavy (non-hydrogen) atoms. The summed E-state index contributed by atoms with van der Waals surface area (Å²) < 4.78 is 13.6. The Labute approximate surface area is 212 Å². The van der Waals surface area contributed by atoms with E-state index in [1.807, 2.05) is 24.3 Å². The van der Waals surface area contributed by atoms with Gasteiger partial charge in [0.05, 0.1) is 6.20 Å². The molecule has 4 rings (SSSR count). The second kappa shape index (κ2) is 11.9. The number of aromatic nitrogens is 2. The van der Waals surface area contributed by atoms with Crippen LogP contribution in [0.15, 0.2) is 67.1 Å². The summed E-state index contributed by atoms with van der Waals surface area (Å²) in [5.41, 5.74) is 2.72. The van der Waals surface area contributed by atoms with Crippen molar-refractivity contribution in [1.29, 1.82) is 0 Å². The molecule has 2 aromatic carbocycles. The van der Waals surface area contributed by atoms with E-state index in [1.54, 1.807) is 12.1 Å². The summed E-state index contributed by atoms with van der Waals surface area (Å²) in [5.74, 6) is -0.658. The minimum atomic E-state index is -0.882. The maximum absolute atomic E-state index is 13.9. The maximum atomic E-state index is 13.9. The molecule has 1 atom stereocenters. The van der Waals surface area contributed by atoms with Gasteiger partial charge in [-0.15, -0.1) is 0 Å². The third kappa shape index (κ3) is 6.33. The lowest BCUT2D eigenvalue weighted by atomic mass is 9.94. The molecule has 1 N–H and O–H groups in total. The van der Waals surface area contributed by atoms with Crippen LogP contribution in [0.2, 0.25) is 0 Å². The fourth-order valence-corrected chi connectivity index (χ4v) is 4.69. The lowest BCUT2D eigenvalue weighted by molar-refractivity contribution is -0.127. The molecule has 3 aromatic rings. The van der Waals surface area contributed by atoms with Crippen molar-refractivity contribution in [2.75, 3.05) is 0 Å². The number of carbonyl (C=O) groups is 2. The molecular weight excluding hydrogens is 455 g/mol. The number of hydrogen-bond donors (Lipinski definition) is 1. The normalized spacial score (nSPS) is 14.9. The molecule has 0 bridgehead atoms. The summed E-state index contributed by atoms with van der Waals surface area (Å²) in [5, 5.41) is 3.21. The van der Waals surface area contributed by atoms with E-state index in [0.29, 0.717) is 17.0 Å². The highest BCUT2D eigenvalue weighted by Gasteiger charge is 2.34. The Bertz CT molecular complexity index is 1140. The average molecular weight is 489 g/mol. The fraction of sp³-hybridized carbons (Fsp3) is 0.379. The molecule has 0 unspecified atom stereocenters. The molecule has 1 aliphatic carbocycles. The van der Waals surface area contributed by atoms with Crippen LogP contribution in [-0.4, -0.2) is 32.7 Å². The summed E-state index contributed by atoms with van der Waals surface area (Å²) in [6.45, 7) is 4.34. The molecule has 7 heteroatoms. The highest BCUT2D eigenvalue weighted by Crippen LogP contribution is 2.28. The zero-order valence-corrected chi connectivity index (χ0v) is 20.9. The molecule has 1 fully saturated rings. The highest BCUT2D eigenvalue weighted by atomic mass is 19.1. The first-order valence-corrected chi connectivity index (χ1v) is 12.6. The summed E-state index contributed by atoms with van der Waals surface area (Å²) in [6, 6.07) is 13.0. The number of hydrogen-bond acceptors (Lipinski definition) is 4. The molecule has 0 radical (unpaired) electrons. The molecule has 1 heterocycles. The van der Waals surface area contributed by atoms with E-state index in [1.165, 1.54) is 42.0 Å². The van der Waals surface area contributed by atoms with E-state index in [2.05, 4.69) is 29.1 Å². The molecule has 0 saturated heterocycles. The standard InChI is InChI=1S/C29H33FN4O2/c1-20(2)22-10-12-23(13-11-22)27(28(35)33-25-6-4-3-5-7-25)34(19-21-8-14-24(30)15-9-21)29(36)26-18-31-16-17-32-26/h8-18,20,25,27H,3-7,19H2,1-2H3,(H,33,35)/t27-/m0/s1. The molecule has 188 valence electrons. The van der Waals surface area contributed by atoms with Crippen LogP contribution in [0.3, 0.4) is 0 Å². The van der Waals surface area contributed by atoms with E-state index in [9.17, 15) is 14.0 Å². The molecule has 1 saturated carbocycles. The molecule has 1 aliphatic rings. The van der Waals surface area contributed by atoms with Crippen LogP contribution < -0.4 is 5.32 Å². The van der Waals surface area contributed by atoms with Gasteiger partial charge in [0.25, 0.3) is 5.91 Å². The van der Waals surface area contributed by atoms with Gasteiger partial charge in [0.2, 0.25) is 5.91 Å². The first-order valence-electron chi connectivity index (χ1n) is 12.6. The molecule has 1 aromatic heterocycles. The Morgan fingerprint density at radius 2 is 1.64 bits per heavy atom. The number of nitrogens with zero attached hydrogens (tertiary/aromatic N) is 3. The van der Waals surface area contributed by atoms with Crippen LogP contribution in [0, 0.1) is 5.82 Å². The van der Waals surface area contributed by atoms with Gasteiger partial charge < -0.3 is 10.2 Å². The Morgan fingerprint density at radius 3 is 2.25 bits per heavy atom. The van der Waals surface area contributed by atoms with Gasteiger partial charge >= 0.3 is 0 Å². The van der Waals surface area contributed by atoms with Gasteiger partial charge in [-0.3, -0.25) is 14.6 Å². The van der Waals surface area contributed by atoms with E-state index in [0.717, 1.165) is 31.2 Å². The fourth-order valence-electron chi connectivity index (χ4n) is 4.69. The topological polar surface area (TPSA) is 75.2 Å².